The van der Waals surface area contributed by atoms with Crippen molar-refractivity contribution in [3.63, 3.8) is 0 Å². The van der Waals surface area contributed by atoms with Crippen LogP contribution in [0.5, 0.6) is 0 Å². The number of hydrogen-bond donors (Lipinski definition) is 3. The van der Waals surface area contributed by atoms with Crippen LogP contribution in [0.15, 0.2) is 48.5 Å². The number of aliphatic hydroxyl groups is 1. The van der Waals surface area contributed by atoms with Gasteiger partial charge in [-0.25, -0.2) is 9.97 Å². The number of alkyl halides is 3. The van der Waals surface area contributed by atoms with Crippen LogP contribution in [0.25, 0.3) is 10.2 Å². The van der Waals surface area contributed by atoms with E-state index < -0.39 is 41.0 Å². The van der Waals surface area contributed by atoms with Gasteiger partial charge >= 0.3 is 6.18 Å². The molecule has 2 aromatic carbocycles. The highest BCUT2D eigenvalue weighted by molar-refractivity contribution is 7.18. The standard InChI is InChI=1S/C36H35F3N6O5S/c1-35(2,50)23-15-26-28(16-25(23)41-31(47)24-4-3-5-29(40-24)36(37,38)39)51-33(42-26)20-10-12-44(13-11-20)17-19-6-7-22-21(14-19)18-45(34(22)49)27-8-9-30(46)43-32(27)48/h3-7,14-16,20,27,50H,8-13,17-18H2,1-2H3,(H,41,47)(H,43,46,48). The van der Waals surface area contributed by atoms with E-state index in [-0.39, 0.29) is 29.8 Å². The van der Waals surface area contributed by atoms with Gasteiger partial charge in [-0.15, -0.1) is 11.3 Å². The van der Waals surface area contributed by atoms with Crippen molar-refractivity contribution in [2.24, 2.45) is 0 Å². The van der Waals surface area contributed by atoms with Gasteiger partial charge in [0, 0.05) is 42.2 Å². The minimum Gasteiger partial charge on any atom is -0.386 e. The van der Waals surface area contributed by atoms with Crippen LogP contribution < -0.4 is 10.6 Å². The normalized spacial score (nSPS) is 19.1. The van der Waals surface area contributed by atoms with Gasteiger partial charge in [0.05, 0.1) is 20.8 Å². The van der Waals surface area contributed by atoms with Crippen LogP contribution in [0, 0.1) is 0 Å². The second-order valence-electron chi connectivity index (χ2n) is 13.8. The number of benzene rings is 2. The summed E-state index contributed by atoms with van der Waals surface area (Å²) < 4.78 is 40.4. The molecule has 3 aliphatic heterocycles. The zero-order valence-corrected chi connectivity index (χ0v) is 28.7. The number of aromatic nitrogens is 2. The number of hydrogen-bond acceptors (Lipinski definition) is 9. The minimum absolute atomic E-state index is 0.191. The molecule has 0 spiro atoms. The van der Waals surface area contributed by atoms with Crippen LogP contribution >= 0.6 is 11.3 Å². The number of nitrogens with zero attached hydrogens (tertiary/aromatic N) is 4. The number of amides is 4. The first-order valence-electron chi connectivity index (χ1n) is 16.7. The fraction of sp³-hybridized carbons (Fsp3) is 0.389. The first-order valence-corrected chi connectivity index (χ1v) is 17.5. The molecule has 1 unspecified atom stereocenters. The smallest absolute Gasteiger partial charge is 0.386 e. The summed E-state index contributed by atoms with van der Waals surface area (Å²) in [6.07, 6.45) is -2.46. The molecule has 15 heteroatoms. The lowest BCUT2D eigenvalue weighted by Crippen LogP contribution is -2.52. The van der Waals surface area contributed by atoms with E-state index in [2.05, 4.69) is 20.5 Å². The lowest BCUT2D eigenvalue weighted by molar-refractivity contribution is -0.141. The maximum absolute atomic E-state index is 13.2. The third-order valence-electron chi connectivity index (χ3n) is 9.65. The fourth-order valence-electron chi connectivity index (χ4n) is 7.00. The summed E-state index contributed by atoms with van der Waals surface area (Å²) in [6.45, 7) is 5.78. The maximum atomic E-state index is 13.2. The Bertz CT molecular complexity index is 2070. The Kier molecular flexibility index (Phi) is 8.92. The van der Waals surface area contributed by atoms with E-state index in [1.807, 2.05) is 18.2 Å². The summed E-state index contributed by atoms with van der Waals surface area (Å²) in [5, 5.41) is 16.9. The molecule has 4 aromatic rings. The topological polar surface area (TPSA) is 145 Å². The summed E-state index contributed by atoms with van der Waals surface area (Å²) in [5.74, 6) is -1.58. The van der Waals surface area contributed by atoms with E-state index in [9.17, 15) is 37.5 Å². The van der Waals surface area contributed by atoms with E-state index in [0.29, 0.717) is 36.2 Å². The highest BCUT2D eigenvalue weighted by Gasteiger charge is 2.39. The molecule has 3 N–H and O–H groups in total. The number of imide groups is 1. The van der Waals surface area contributed by atoms with Crippen LogP contribution in [-0.4, -0.2) is 67.6 Å². The lowest BCUT2D eigenvalue weighted by atomic mass is 9.95. The van der Waals surface area contributed by atoms with Crippen LogP contribution in [-0.2, 0) is 34.5 Å². The van der Waals surface area contributed by atoms with Gasteiger partial charge in [-0.3, -0.25) is 29.4 Å². The SMILES string of the molecule is CC(C)(O)c1cc2nc(C3CCN(Cc4ccc5c(c4)CN(C4CCC(=O)NC4=O)C5=O)CC3)sc2cc1NC(=O)c1cccc(C(F)(F)F)n1. The number of fused-ring (bicyclic) bond motifs is 2. The number of carbonyl (C=O) groups is 4. The zero-order chi connectivity index (χ0) is 36.2. The van der Waals surface area contributed by atoms with Crippen molar-refractivity contribution in [1.29, 1.82) is 0 Å². The van der Waals surface area contributed by atoms with Crippen molar-refractivity contribution in [1.82, 2.24) is 25.1 Å². The van der Waals surface area contributed by atoms with E-state index in [4.69, 9.17) is 4.98 Å². The van der Waals surface area contributed by atoms with Crippen molar-refractivity contribution in [3.8, 4) is 0 Å². The average Bonchev–Trinajstić information content (AvgIpc) is 3.64. The van der Waals surface area contributed by atoms with Gasteiger partial charge in [-0.1, -0.05) is 18.2 Å². The van der Waals surface area contributed by atoms with Crippen molar-refractivity contribution in [2.75, 3.05) is 18.4 Å². The first kappa shape index (κ1) is 34.7. The van der Waals surface area contributed by atoms with Crippen LogP contribution in [0.2, 0.25) is 0 Å². The van der Waals surface area contributed by atoms with Gasteiger partial charge in [0.2, 0.25) is 11.8 Å². The maximum Gasteiger partial charge on any atom is 0.433 e. The van der Waals surface area contributed by atoms with Gasteiger partial charge in [-0.05, 0) is 87.7 Å². The van der Waals surface area contributed by atoms with Crippen molar-refractivity contribution >= 4 is 50.9 Å². The molecule has 51 heavy (non-hydrogen) atoms. The summed E-state index contributed by atoms with van der Waals surface area (Å²) in [7, 11) is 0. The molecule has 11 nitrogen and oxygen atoms in total. The number of nitrogens with one attached hydrogen (secondary N) is 2. The molecular weight excluding hydrogens is 685 g/mol. The van der Waals surface area contributed by atoms with Gasteiger partial charge < -0.3 is 15.3 Å². The molecule has 0 radical (unpaired) electrons. The molecule has 5 heterocycles. The molecule has 2 aromatic heterocycles. The third kappa shape index (κ3) is 7.10. The predicted molar refractivity (Wildman–Crippen MR) is 182 cm³/mol. The lowest BCUT2D eigenvalue weighted by Gasteiger charge is -2.31. The van der Waals surface area contributed by atoms with Crippen molar-refractivity contribution < 1.29 is 37.5 Å². The van der Waals surface area contributed by atoms with Gasteiger partial charge in [0.1, 0.15) is 17.4 Å². The Morgan fingerprint density at radius 1 is 1.04 bits per heavy atom. The minimum atomic E-state index is -4.70. The summed E-state index contributed by atoms with van der Waals surface area (Å²) >= 11 is 1.49. The number of likely N-dealkylation sites (tertiary alicyclic amines) is 1. The summed E-state index contributed by atoms with van der Waals surface area (Å²) in [5.41, 5.74) is 0.863. The molecule has 1 atom stereocenters. The number of anilines is 1. The van der Waals surface area contributed by atoms with Gasteiger partial charge in [-0.2, -0.15) is 13.2 Å². The Labute approximate surface area is 294 Å². The van der Waals surface area contributed by atoms with Crippen molar-refractivity contribution in [3.05, 3.63) is 87.2 Å². The molecule has 2 fully saturated rings. The van der Waals surface area contributed by atoms with Crippen molar-refractivity contribution in [2.45, 2.75) is 76.4 Å². The van der Waals surface area contributed by atoms with Crippen LogP contribution in [0.3, 0.4) is 0 Å². The number of rotatable bonds is 7. The Hall–Kier alpha value is -4.73. The summed E-state index contributed by atoms with van der Waals surface area (Å²) in [6, 6.07) is 11.7. The number of pyridine rings is 1. The molecule has 7 rings (SSSR count). The number of halogens is 3. The first-order chi connectivity index (χ1) is 24.1. The monoisotopic (exact) mass is 720 g/mol. The zero-order valence-electron chi connectivity index (χ0n) is 27.8. The number of thiazole rings is 1. The second kappa shape index (κ2) is 13.1. The molecule has 0 bridgehead atoms. The molecule has 4 amide bonds. The Morgan fingerprint density at radius 2 is 1.80 bits per heavy atom. The molecule has 2 saturated heterocycles. The molecule has 266 valence electrons. The van der Waals surface area contributed by atoms with E-state index >= 15 is 0 Å². The average molecular weight is 721 g/mol. The summed E-state index contributed by atoms with van der Waals surface area (Å²) in [4.78, 5) is 62.3. The van der Waals surface area contributed by atoms with Gasteiger partial charge in [0.15, 0.2) is 0 Å². The molecule has 3 aliphatic rings. The molecular formula is C36H35F3N6O5S. The third-order valence-corrected chi connectivity index (χ3v) is 10.8. The highest BCUT2D eigenvalue weighted by atomic mass is 32.1. The highest BCUT2D eigenvalue weighted by Crippen LogP contribution is 2.39. The number of piperidine rings is 2. The van der Waals surface area contributed by atoms with Crippen LogP contribution in [0.1, 0.15) is 93.7 Å². The number of carbonyl (C=O) groups excluding carboxylic acids is 4. The Balaban J connectivity index is 1.02. The Morgan fingerprint density at radius 3 is 2.51 bits per heavy atom. The van der Waals surface area contributed by atoms with Gasteiger partial charge in [0.25, 0.3) is 11.8 Å². The van der Waals surface area contributed by atoms with E-state index in [1.165, 1.54) is 17.4 Å². The van der Waals surface area contributed by atoms with E-state index in [1.54, 1.807) is 30.9 Å². The predicted octanol–water partition coefficient (Wildman–Crippen LogP) is 5.33. The quantitative estimate of drug-likeness (QED) is 0.218. The van der Waals surface area contributed by atoms with E-state index in [0.717, 1.165) is 58.9 Å². The second-order valence-corrected chi connectivity index (χ2v) is 14.8. The molecule has 0 saturated carbocycles. The fourth-order valence-corrected chi connectivity index (χ4v) is 8.16. The molecule has 0 aliphatic carbocycles. The largest absolute Gasteiger partial charge is 0.433 e. The van der Waals surface area contributed by atoms with Crippen LogP contribution in [0.4, 0.5) is 18.9 Å².